The molecule has 0 atom stereocenters. The van der Waals surface area contributed by atoms with Crippen molar-refractivity contribution in [3.63, 3.8) is 0 Å². The van der Waals surface area contributed by atoms with Crippen LogP contribution in [0.25, 0.3) is 0 Å². The van der Waals surface area contributed by atoms with E-state index in [9.17, 15) is 18.0 Å². The van der Waals surface area contributed by atoms with Crippen molar-refractivity contribution in [1.29, 1.82) is 0 Å². The van der Waals surface area contributed by atoms with Crippen LogP contribution in [0.2, 0.25) is 5.02 Å². The van der Waals surface area contributed by atoms with Crippen molar-refractivity contribution in [3.05, 3.63) is 34.9 Å². The van der Waals surface area contributed by atoms with Crippen molar-refractivity contribution in [2.24, 2.45) is 0 Å². The van der Waals surface area contributed by atoms with Gasteiger partial charge in [-0.05, 0) is 25.0 Å². The third kappa shape index (κ3) is 5.21. The molecule has 0 unspecified atom stereocenters. The Kier molecular flexibility index (Phi) is 6.62. The molecule has 0 aliphatic heterocycles. The molecule has 6 nitrogen and oxygen atoms in total. The summed E-state index contributed by atoms with van der Waals surface area (Å²) < 4.78 is 24.1. The highest BCUT2D eigenvalue weighted by Gasteiger charge is 2.30. The molecule has 2 amide bonds. The molecule has 1 aromatic rings. The van der Waals surface area contributed by atoms with E-state index in [4.69, 9.17) is 11.6 Å². The maximum atomic E-state index is 12.1. The average Bonchev–Trinajstić information content (AvgIpc) is 3.06. The van der Waals surface area contributed by atoms with Crippen LogP contribution in [0, 0.1) is 0 Å². The fourth-order valence-corrected chi connectivity index (χ4v) is 4.69. The zero-order valence-electron chi connectivity index (χ0n) is 13.3. The van der Waals surface area contributed by atoms with Gasteiger partial charge in [0.05, 0.1) is 15.8 Å². The van der Waals surface area contributed by atoms with Crippen LogP contribution in [0.4, 0.5) is 0 Å². The molecular formula is C16H21ClN2O4S. The second-order valence-electron chi connectivity index (χ2n) is 5.80. The van der Waals surface area contributed by atoms with Crippen molar-refractivity contribution in [2.45, 2.75) is 30.9 Å². The smallest absolute Gasteiger partial charge is 0.252 e. The Labute approximate surface area is 146 Å². The maximum absolute atomic E-state index is 12.1. The molecule has 1 aliphatic rings. The Morgan fingerprint density at radius 1 is 1.08 bits per heavy atom. The van der Waals surface area contributed by atoms with Gasteiger partial charge in [0, 0.05) is 13.1 Å². The van der Waals surface area contributed by atoms with E-state index in [0.717, 1.165) is 12.8 Å². The standard InChI is InChI=1S/C16H21ClN2O4S/c17-14-8-4-3-7-13(14)16(21)19-10-9-18-15(20)11-24(22,23)12-5-1-2-6-12/h3-4,7-8,12H,1-2,5-6,9-11H2,(H,18,20)(H,19,21). The van der Waals surface area contributed by atoms with Crippen molar-refractivity contribution in [1.82, 2.24) is 10.6 Å². The first-order chi connectivity index (χ1) is 11.4. The Morgan fingerprint density at radius 2 is 1.71 bits per heavy atom. The lowest BCUT2D eigenvalue weighted by Gasteiger charge is -2.11. The summed E-state index contributed by atoms with van der Waals surface area (Å²) in [5.74, 6) is -1.36. The van der Waals surface area contributed by atoms with E-state index in [1.54, 1.807) is 24.3 Å². The summed E-state index contributed by atoms with van der Waals surface area (Å²) in [5, 5.41) is 5.11. The molecule has 1 saturated carbocycles. The summed E-state index contributed by atoms with van der Waals surface area (Å²) in [6.45, 7) is 0.356. The summed E-state index contributed by atoms with van der Waals surface area (Å²) in [4.78, 5) is 23.7. The van der Waals surface area contributed by atoms with E-state index < -0.39 is 21.5 Å². The van der Waals surface area contributed by atoms with Gasteiger partial charge >= 0.3 is 0 Å². The summed E-state index contributed by atoms with van der Waals surface area (Å²) >= 11 is 5.92. The van der Waals surface area contributed by atoms with Gasteiger partial charge in [0.1, 0.15) is 5.75 Å². The highest BCUT2D eigenvalue weighted by Crippen LogP contribution is 2.25. The zero-order chi connectivity index (χ0) is 17.6. The van der Waals surface area contributed by atoms with Crippen LogP contribution in [0.15, 0.2) is 24.3 Å². The van der Waals surface area contributed by atoms with Crippen LogP contribution in [0.1, 0.15) is 36.0 Å². The van der Waals surface area contributed by atoms with Gasteiger partial charge in [0.2, 0.25) is 5.91 Å². The molecule has 8 heteroatoms. The van der Waals surface area contributed by atoms with Gasteiger partial charge in [-0.3, -0.25) is 9.59 Å². The highest BCUT2D eigenvalue weighted by molar-refractivity contribution is 7.92. The molecule has 1 aliphatic carbocycles. The molecule has 0 aromatic heterocycles. The molecule has 132 valence electrons. The number of amides is 2. The second-order valence-corrected chi connectivity index (χ2v) is 8.49. The lowest BCUT2D eigenvalue weighted by Crippen LogP contribution is -2.38. The maximum Gasteiger partial charge on any atom is 0.252 e. The summed E-state index contributed by atoms with van der Waals surface area (Å²) in [5.41, 5.74) is 0.356. The first-order valence-corrected chi connectivity index (χ1v) is 10.0. The number of carbonyl (C=O) groups is 2. The number of halogens is 1. The van der Waals surface area contributed by atoms with Crippen LogP contribution in [0.5, 0.6) is 0 Å². The van der Waals surface area contributed by atoms with Crippen molar-refractivity contribution < 1.29 is 18.0 Å². The minimum absolute atomic E-state index is 0.162. The molecule has 0 heterocycles. The Morgan fingerprint density at radius 3 is 2.38 bits per heavy atom. The van der Waals surface area contributed by atoms with E-state index in [1.165, 1.54) is 0 Å². The van der Waals surface area contributed by atoms with Crippen LogP contribution in [-0.4, -0.2) is 44.3 Å². The third-order valence-electron chi connectivity index (χ3n) is 3.99. The van der Waals surface area contributed by atoms with Crippen LogP contribution >= 0.6 is 11.6 Å². The largest absolute Gasteiger partial charge is 0.353 e. The normalized spacial score (nSPS) is 15.2. The lowest BCUT2D eigenvalue weighted by atomic mass is 10.2. The Bertz CT molecular complexity index is 700. The SMILES string of the molecule is O=C(CS(=O)(=O)C1CCCC1)NCCNC(=O)c1ccccc1Cl. The van der Waals surface area contributed by atoms with Gasteiger partial charge in [-0.15, -0.1) is 0 Å². The molecule has 0 saturated heterocycles. The molecule has 1 fully saturated rings. The predicted octanol–water partition coefficient (Wildman–Crippen LogP) is 1.54. The quantitative estimate of drug-likeness (QED) is 0.710. The topological polar surface area (TPSA) is 92.3 Å². The van der Waals surface area contributed by atoms with Gasteiger partial charge in [-0.1, -0.05) is 36.6 Å². The van der Waals surface area contributed by atoms with Gasteiger partial charge in [-0.25, -0.2) is 8.42 Å². The first kappa shape index (κ1) is 18.7. The molecule has 1 aromatic carbocycles. The van der Waals surface area contributed by atoms with E-state index in [1.807, 2.05) is 0 Å². The fourth-order valence-electron chi connectivity index (χ4n) is 2.72. The van der Waals surface area contributed by atoms with E-state index in [2.05, 4.69) is 10.6 Å². The summed E-state index contributed by atoms with van der Waals surface area (Å²) in [6.07, 6.45) is 3.09. The number of benzene rings is 1. The van der Waals surface area contributed by atoms with Gasteiger partial charge in [0.25, 0.3) is 5.91 Å². The van der Waals surface area contributed by atoms with Crippen molar-refractivity contribution in [3.8, 4) is 0 Å². The molecule has 2 rings (SSSR count). The number of nitrogens with one attached hydrogen (secondary N) is 2. The number of hydrogen-bond donors (Lipinski definition) is 2. The number of rotatable bonds is 7. The number of carbonyl (C=O) groups excluding carboxylic acids is 2. The number of hydrogen-bond acceptors (Lipinski definition) is 4. The first-order valence-electron chi connectivity index (χ1n) is 7.91. The van der Waals surface area contributed by atoms with Gasteiger partial charge in [0.15, 0.2) is 9.84 Å². The van der Waals surface area contributed by atoms with Crippen LogP contribution < -0.4 is 10.6 Å². The van der Waals surface area contributed by atoms with Gasteiger partial charge < -0.3 is 10.6 Å². The molecule has 2 N–H and O–H groups in total. The second kappa shape index (κ2) is 8.48. The van der Waals surface area contributed by atoms with Gasteiger partial charge in [-0.2, -0.15) is 0 Å². The Hall–Kier alpha value is -1.60. The third-order valence-corrected chi connectivity index (χ3v) is 6.47. The summed E-state index contributed by atoms with van der Waals surface area (Å²) in [6, 6.07) is 6.65. The molecule has 0 spiro atoms. The average molecular weight is 373 g/mol. The Balaban J connectivity index is 1.71. The molecule has 0 radical (unpaired) electrons. The van der Waals surface area contributed by atoms with Crippen LogP contribution in [0.3, 0.4) is 0 Å². The van der Waals surface area contributed by atoms with Crippen molar-refractivity contribution >= 4 is 33.3 Å². The molecule has 24 heavy (non-hydrogen) atoms. The molecular weight excluding hydrogens is 352 g/mol. The summed E-state index contributed by atoms with van der Waals surface area (Å²) in [7, 11) is -3.38. The molecule has 0 bridgehead atoms. The zero-order valence-corrected chi connectivity index (χ0v) is 14.8. The van der Waals surface area contributed by atoms with E-state index in [-0.39, 0.29) is 24.2 Å². The van der Waals surface area contributed by atoms with Crippen LogP contribution in [-0.2, 0) is 14.6 Å². The monoisotopic (exact) mass is 372 g/mol. The lowest BCUT2D eigenvalue weighted by molar-refractivity contribution is -0.118. The minimum Gasteiger partial charge on any atom is -0.353 e. The van der Waals surface area contributed by atoms with E-state index in [0.29, 0.717) is 23.4 Å². The predicted molar refractivity (Wildman–Crippen MR) is 92.8 cm³/mol. The number of sulfone groups is 1. The van der Waals surface area contributed by atoms with Crippen molar-refractivity contribution in [2.75, 3.05) is 18.8 Å². The minimum atomic E-state index is -3.38. The fraction of sp³-hybridized carbons (Fsp3) is 0.500. The van der Waals surface area contributed by atoms with E-state index >= 15 is 0 Å². The highest BCUT2D eigenvalue weighted by atomic mass is 35.5.